The highest BCUT2D eigenvalue weighted by atomic mass is 16.3. The summed E-state index contributed by atoms with van der Waals surface area (Å²) in [4.78, 5) is 12.1. The zero-order chi connectivity index (χ0) is 17.5. The Kier molecular flexibility index (Phi) is 6.71. The summed E-state index contributed by atoms with van der Waals surface area (Å²) in [6.07, 6.45) is 0.271. The van der Waals surface area contributed by atoms with Crippen LogP contribution in [0.3, 0.4) is 0 Å². The molecule has 0 saturated heterocycles. The van der Waals surface area contributed by atoms with Gasteiger partial charge in [-0.05, 0) is 48.9 Å². The average Bonchev–Trinajstić information content (AvgIpc) is 2.58. The van der Waals surface area contributed by atoms with Gasteiger partial charge in [0.05, 0.1) is 12.2 Å². The second-order valence-corrected chi connectivity index (χ2v) is 6.36. The fraction of sp³-hybridized carbons (Fsp3) is 0.381. The number of carbonyl (C=O) groups is 1. The Morgan fingerprint density at radius 2 is 1.17 bits per heavy atom. The number of hydrogen-bond donors (Lipinski definition) is 2. The number of Topliss-reactive ketones (excluding diaryl/α,β-unsaturated/α-hetero) is 1. The van der Waals surface area contributed by atoms with Crippen molar-refractivity contribution in [2.75, 3.05) is 0 Å². The number of carbonyl (C=O) groups excluding carboxylic acids is 1. The molecule has 0 amide bonds. The van der Waals surface area contributed by atoms with Crippen LogP contribution in [-0.2, 0) is 4.79 Å². The minimum Gasteiger partial charge on any atom is -0.388 e. The third kappa shape index (κ3) is 5.02. The van der Waals surface area contributed by atoms with Gasteiger partial charge in [0.2, 0.25) is 0 Å². The Bertz CT molecular complexity index is 621. The lowest BCUT2D eigenvalue weighted by Crippen LogP contribution is -2.07. The van der Waals surface area contributed by atoms with E-state index in [2.05, 4.69) is 0 Å². The molecule has 3 nitrogen and oxygen atoms in total. The predicted molar refractivity (Wildman–Crippen MR) is 95.8 cm³/mol. The summed E-state index contributed by atoms with van der Waals surface area (Å²) in [5.74, 6) is 0.0790. The van der Waals surface area contributed by atoms with E-state index in [-0.39, 0.29) is 5.78 Å². The van der Waals surface area contributed by atoms with Crippen molar-refractivity contribution in [2.45, 2.75) is 51.7 Å². The monoisotopic (exact) mass is 326 g/mol. The molecule has 0 aliphatic carbocycles. The van der Waals surface area contributed by atoms with Crippen LogP contribution in [0.25, 0.3) is 0 Å². The van der Waals surface area contributed by atoms with Gasteiger partial charge in [-0.1, -0.05) is 48.5 Å². The number of aliphatic hydroxyl groups excluding tert-OH is 2. The van der Waals surface area contributed by atoms with Gasteiger partial charge in [0.1, 0.15) is 5.78 Å². The Hall–Kier alpha value is -1.97. The Morgan fingerprint density at radius 1 is 0.792 bits per heavy atom. The molecular weight excluding hydrogens is 300 g/mol. The standard InChI is InChI=1S/C21H26O3/c1-15-7-3-5-9-18(15)20(23)13-11-17(22)12-14-21(24)19-10-6-4-8-16(19)2/h3-10,20-21,23-24H,11-14H2,1-2H3. The van der Waals surface area contributed by atoms with E-state index in [0.29, 0.717) is 25.7 Å². The van der Waals surface area contributed by atoms with Crippen molar-refractivity contribution < 1.29 is 15.0 Å². The molecule has 2 aromatic rings. The molecule has 0 radical (unpaired) electrons. The van der Waals surface area contributed by atoms with Gasteiger partial charge in [-0.2, -0.15) is 0 Å². The topological polar surface area (TPSA) is 57.5 Å². The van der Waals surface area contributed by atoms with Crippen LogP contribution in [0.15, 0.2) is 48.5 Å². The molecule has 0 saturated carbocycles. The van der Waals surface area contributed by atoms with Gasteiger partial charge in [0.15, 0.2) is 0 Å². The summed E-state index contributed by atoms with van der Waals surface area (Å²) in [6, 6.07) is 15.4. The first-order valence-electron chi connectivity index (χ1n) is 8.48. The first-order chi connectivity index (χ1) is 11.5. The third-order valence-corrected chi connectivity index (χ3v) is 4.49. The number of rotatable bonds is 8. The molecule has 2 unspecified atom stereocenters. The van der Waals surface area contributed by atoms with E-state index in [1.807, 2.05) is 62.4 Å². The predicted octanol–water partition coefficient (Wildman–Crippen LogP) is 4.20. The Morgan fingerprint density at radius 3 is 1.54 bits per heavy atom. The highest BCUT2D eigenvalue weighted by molar-refractivity contribution is 5.78. The molecule has 24 heavy (non-hydrogen) atoms. The van der Waals surface area contributed by atoms with Crippen molar-refractivity contribution in [3.63, 3.8) is 0 Å². The molecule has 0 spiro atoms. The van der Waals surface area contributed by atoms with Crippen LogP contribution in [0.2, 0.25) is 0 Å². The van der Waals surface area contributed by atoms with E-state index in [9.17, 15) is 15.0 Å². The molecule has 2 rings (SSSR count). The molecule has 128 valence electrons. The van der Waals surface area contributed by atoms with Crippen LogP contribution < -0.4 is 0 Å². The van der Waals surface area contributed by atoms with Crippen molar-refractivity contribution in [3.05, 3.63) is 70.8 Å². The maximum atomic E-state index is 12.1. The van der Waals surface area contributed by atoms with E-state index in [1.165, 1.54) is 0 Å². The summed E-state index contributed by atoms with van der Waals surface area (Å²) in [5.41, 5.74) is 3.83. The van der Waals surface area contributed by atoms with Crippen LogP contribution >= 0.6 is 0 Å². The van der Waals surface area contributed by atoms with Crippen molar-refractivity contribution >= 4 is 5.78 Å². The molecule has 0 fully saturated rings. The highest BCUT2D eigenvalue weighted by Gasteiger charge is 2.15. The lowest BCUT2D eigenvalue weighted by molar-refractivity contribution is -0.120. The third-order valence-electron chi connectivity index (χ3n) is 4.49. The van der Waals surface area contributed by atoms with Crippen molar-refractivity contribution in [1.82, 2.24) is 0 Å². The lowest BCUT2D eigenvalue weighted by Gasteiger charge is -2.15. The van der Waals surface area contributed by atoms with E-state index >= 15 is 0 Å². The molecule has 0 bridgehead atoms. The molecule has 3 heteroatoms. The molecular formula is C21H26O3. The van der Waals surface area contributed by atoms with E-state index in [1.54, 1.807) is 0 Å². The summed E-state index contributed by atoms with van der Waals surface area (Å²) in [6.45, 7) is 3.91. The van der Waals surface area contributed by atoms with E-state index in [4.69, 9.17) is 0 Å². The minimum absolute atomic E-state index is 0.0790. The van der Waals surface area contributed by atoms with Gasteiger partial charge >= 0.3 is 0 Å². The summed E-state index contributed by atoms with van der Waals surface area (Å²) >= 11 is 0. The summed E-state index contributed by atoms with van der Waals surface area (Å²) in [5, 5.41) is 20.5. The van der Waals surface area contributed by atoms with E-state index < -0.39 is 12.2 Å². The normalized spacial score (nSPS) is 13.5. The fourth-order valence-electron chi connectivity index (χ4n) is 2.95. The molecule has 0 aromatic heterocycles. The van der Waals surface area contributed by atoms with Crippen LogP contribution in [-0.4, -0.2) is 16.0 Å². The summed E-state index contributed by atoms with van der Waals surface area (Å²) in [7, 11) is 0. The summed E-state index contributed by atoms with van der Waals surface area (Å²) < 4.78 is 0. The molecule has 2 aromatic carbocycles. The second-order valence-electron chi connectivity index (χ2n) is 6.36. The van der Waals surface area contributed by atoms with Crippen molar-refractivity contribution in [2.24, 2.45) is 0 Å². The second kappa shape index (κ2) is 8.76. The van der Waals surface area contributed by atoms with Gasteiger partial charge in [-0.15, -0.1) is 0 Å². The minimum atomic E-state index is -0.614. The number of ketones is 1. The number of hydrogen-bond acceptors (Lipinski definition) is 3. The van der Waals surface area contributed by atoms with Crippen LogP contribution in [0, 0.1) is 13.8 Å². The maximum Gasteiger partial charge on any atom is 0.133 e. The lowest BCUT2D eigenvalue weighted by atomic mass is 9.96. The molecule has 2 N–H and O–H groups in total. The number of benzene rings is 2. The largest absolute Gasteiger partial charge is 0.388 e. The van der Waals surface area contributed by atoms with Crippen LogP contribution in [0.5, 0.6) is 0 Å². The fourth-order valence-corrected chi connectivity index (χ4v) is 2.95. The van der Waals surface area contributed by atoms with Crippen LogP contribution in [0.1, 0.15) is 60.1 Å². The average molecular weight is 326 g/mol. The maximum absolute atomic E-state index is 12.1. The smallest absolute Gasteiger partial charge is 0.133 e. The molecule has 0 heterocycles. The number of aryl methyl sites for hydroxylation is 2. The van der Waals surface area contributed by atoms with Crippen molar-refractivity contribution in [1.29, 1.82) is 0 Å². The molecule has 0 aliphatic rings. The Labute approximate surface area is 144 Å². The first-order valence-corrected chi connectivity index (χ1v) is 8.48. The van der Waals surface area contributed by atoms with Gasteiger partial charge in [-0.25, -0.2) is 0 Å². The quantitative estimate of drug-likeness (QED) is 0.764. The number of aliphatic hydroxyl groups is 2. The highest BCUT2D eigenvalue weighted by Crippen LogP contribution is 2.24. The van der Waals surface area contributed by atoms with Gasteiger partial charge < -0.3 is 10.2 Å². The molecule has 0 aliphatic heterocycles. The SMILES string of the molecule is Cc1ccccc1C(O)CCC(=O)CCC(O)c1ccccc1C. The van der Waals surface area contributed by atoms with Gasteiger partial charge in [-0.3, -0.25) is 4.79 Å². The molecule has 2 atom stereocenters. The zero-order valence-electron chi connectivity index (χ0n) is 14.4. The zero-order valence-corrected chi connectivity index (χ0v) is 14.4. The first kappa shape index (κ1) is 18.4. The van der Waals surface area contributed by atoms with Gasteiger partial charge in [0, 0.05) is 12.8 Å². The van der Waals surface area contributed by atoms with E-state index in [0.717, 1.165) is 22.3 Å². The Balaban J connectivity index is 1.79. The van der Waals surface area contributed by atoms with Crippen LogP contribution in [0.4, 0.5) is 0 Å². The van der Waals surface area contributed by atoms with Gasteiger partial charge in [0.25, 0.3) is 0 Å². The van der Waals surface area contributed by atoms with Crippen molar-refractivity contribution in [3.8, 4) is 0 Å².